The number of nitrogens with one attached hydrogen (secondary N) is 1. The van der Waals surface area contributed by atoms with E-state index in [4.69, 9.17) is 5.21 Å². The van der Waals surface area contributed by atoms with Gasteiger partial charge in [0.25, 0.3) is 0 Å². The van der Waals surface area contributed by atoms with Crippen LogP contribution in [-0.2, 0) is 4.79 Å². The number of carbonyl (C=O) groups is 1. The van der Waals surface area contributed by atoms with E-state index < -0.39 is 5.91 Å². The largest absolute Gasteiger partial charge is 0.289 e. The van der Waals surface area contributed by atoms with Crippen molar-refractivity contribution in [1.29, 1.82) is 0 Å². The minimum absolute atomic E-state index is 0.477. The van der Waals surface area contributed by atoms with Crippen molar-refractivity contribution >= 4 is 5.91 Å². The van der Waals surface area contributed by atoms with E-state index in [1.54, 1.807) is 0 Å². The van der Waals surface area contributed by atoms with Crippen LogP contribution < -0.4 is 5.48 Å². The van der Waals surface area contributed by atoms with E-state index in [9.17, 15) is 4.79 Å². The Hall–Kier alpha value is -0.570. The lowest BCUT2D eigenvalue weighted by atomic mass is 10.5. The zero-order valence-corrected chi connectivity index (χ0v) is 3.43. The molecule has 1 amide bonds. The van der Waals surface area contributed by atoms with Gasteiger partial charge in [-0.1, -0.05) is 6.92 Å². The second-order valence-electron chi connectivity index (χ2n) is 0.765. The fourth-order valence-corrected chi connectivity index (χ4v) is 0.0645. The summed E-state index contributed by atoms with van der Waals surface area (Å²) in [6.45, 7) is 1.53. The second-order valence-corrected chi connectivity index (χ2v) is 0.765. The Kier molecular flexibility index (Phi) is 2.40. The lowest BCUT2D eigenvalue weighted by molar-refractivity contribution is -0.125. The van der Waals surface area contributed by atoms with Crippen LogP contribution in [0, 0.1) is 6.42 Å². The number of rotatable bonds is 1. The number of carbonyl (C=O) groups excluding carboxylic acids is 1. The van der Waals surface area contributed by atoms with Crippen LogP contribution in [0.3, 0.4) is 0 Å². The Balaban J connectivity index is 2.99. The topological polar surface area (TPSA) is 49.3 Å². The summed E-state index contributed by atoms with van der Waals surface area (Å²) in [5, 5.41) is 7.70. The summed E-state index contributed by atoms with van der Waals surface area (Å²) in [4.78, 5) is 9.76. The number of hydrogen-bond donors (Lipinski definition) is 2. The normalized spacial score (nSPS) is 7.67. The molecule has 0 aliphatic heterocycles. The van der Waals surface area contributed by atoms with E-state index in [0.717, 1.165) is 0 Å². The van der Waals surface area contributed by atoms with Gasteiger partial charge in [0.1, 0.15) is 0 Å². The Morgan fingerprint density at radius 2 is 2.50 bits per heavy atom. The molecule has 0 unspecified atom stereocenters. The molecule has 0 aliphatic rings. The number of amides is 1. The Labute approximate surface area is 35.9 Å². The molecule has 0 saturated heterocycles. The van der Waals surface area contributed by atoms with Gasteiger partial charge in [-0.15, -0.1) is 0 Å². The molecule has 3 nitrogen and oxygen atoms in total. The summed E-state index contributed by atoms with van der Waals surface area (Å²) >= 11 is 0. The minimum atomic E-state index is -0.477. The summed E-state index contributed by atoms with van der Waals surface area (Å²) in [7, 11) is 0. The van der Waals surface area contributed by atoms with Gasteiger partial charge in [-0.3, -0.25) is 10.0 Å². The Bertz CT molecular complexity index is 46.8. The van der Waals surface area contributed by atoms with Crippen molar-refractivity contribution in [3.8, 4) is 0 Å². The van der Waals surface area contributed by atoms with Crippen LogP contribution >= 0.6 is 0 Å². The summed E-state index contributed by atoms with van der Waals surface area (Å²) in [5.41, 5.74) is 1.42. The number of hydrogen-bond acceptors (Lipinski definition) is 2. The standard InChI is InChI=1S/C3H6NO2/c1-2-3(5)4-6/h2,6H,1H3,(H,4,5). The predicted octanol–water partition coefficient (Wildman–Crippen LogP) is -0.284. The van der Waals surface area contributed by atoms with Crippen LogP contribution in [0.5, 0.6) is 0 Å². The van der Waals surface area contributed by atoms with Crippen LogP contribution in [-0.4, -0.2) is 11.1 Å². The van der Waals surface area contributed by atoms with Crippen LogP contribution in [0.2, 0.25) is 0 Å². The van der Waals surface area contributed by atoms with E-state index in [0.29, 0.717) is 0 Å². The molecule has 0 rings (SSSR count). The third kappa shape index (κ3) is 1.72. The van der Waals surface area contributed by atoms with Crippen molar-refractivity contribution in [2.75, 3.05) is 0 Å². The summed E-state index contributed by atoms with van der Waals surface area (Å²) in [6, 6.07) is 0. The van der Waals surface area contributed by atoms with Crippen molar-refractivity contribution < 1.29 is 10.0 Å². The maximum absolute atomic E-state index is 9.76. The predicted molar refractivity (Wildman–Crippen MR) is 19.9 cm³/mol. The smallest absolute Gasteiger partial charge is 0.246 e. The highest BCUT2D eigenvalue weighted by atomic mass is 16.5. The summed E-state index contributed by atoms with van der Waals surface area (Å²) < 4.78 is 0. The van der Waals surface area contributed by atoms with Gasteiger partial charge in [0.2, 0.25) is 5.91 Å². The highest BCUT2D eigenvalue weighted by Crippen LogP contribution is 1.65. The molecule has 0 heterocycles. The fraction of sp³-hybridized carbons (Fsp3) is 0.333. The lowest BCUT2D eigenvalue weighted by Gasteiger charge is -1.85. The van der Waals surface area contributed by atoms with E-state index in [-0.39, 0.29) is 0 Å². The highest BCUT2D eigenvalue weighted by Gasteiger charge is 1.87. The van der Waals surface area contributed by atoms with Gasteiger partial charge in [-0.25, -0.2) is 5.48 Å². The van der Waals surface area contributed by atoms with E-state index >= 15 is 0 Å². The van der Waals surface area contributed by atoms with Gasteiger partial charge in [-0.2, -0.15) is 0 Å². The molecule has 1 radical (unpaired) electrons. The Morgan fingerprint density at radius 1 is 2.00 bits per heavy atom. The first kappa shape index (κ1) is 5.43. The molecule has 6 heavy (non-hydrogen) atoms. The molecule has 0 bridgehead atoms. The maximum Gasteiger partial charge on any atom is 0.246 e. The van der Waals surface area contributed by atoms with Crippen molar-refractivity contribution in [2.45, 2.75) is 6.92 Å². The van der Waals surface area contributed by atoms with Gasteiger partial charge in [-0.05, 0) is 0 Å². The molecule has 3 heteroatoms. The fourth-order valence-electron chi connectivity index (χ4n) is 0.0645. The molecule has 0 aliphatic carbocycles. The van der Waals surface area contributed by atoms with Crippen LogP contribution in [0.4, 0.5) is 0 Å². The molecule has 0 saturated carbocycles. The molecule has 0 atom stereocenters. The third-order valence-corrected chi connectivity index (χ3v) is 0.372. The van der Waals surface area contributed by atoms with Crippen LogP contribution in [0.15, 0.2) is 0 Å². The van der Waals surface area contributed by atoms with Crippen molar-refractivity contribution in [1.82, 2.24) is 5.48 Å². The monoisotopic (exact) mass is 88.0 g/mol. The molecular formula is C3H6NO2. The molecule has 2 N–H and O–H groups in total. The third-order valence-electron chi connectivity index (χ3n) is 0.372. The first-order valence-corrected chi connectivity index (χ1v) is 1.54. The zero-order chi connectivity index (χ0) is 4.99. The first-order valence-electron chi connectivity index (χ1n) is 1.54. The SMILES string of the molecule is C[CH]C(=O)NO. The van der Waals surface area contributed by atoms with Gasteiger partial charge in [0, 0.05) is 6.42 Å². The van der Waals surface area contributed by atoms with E-state index in [1.807, 2.05) is 0 Å². The van der Waals surface area contributed by atoms with Crippen LogP contribution in [0.1, 0.15) is 6.92 Å². The maximum atomic E-state index is 9.76. The molecule has 0 fully saturated rings. The van der Waals surface area contributed by atoms with Gasteiger partial charge in [0.05, 0.1) is 0 Å². The van der Waals surface area contributed by atoms with E-state index in [1.165, 1.54) is 18.8 Å². The number of hydroxylamine groups is 1. The van der Waals surface area contributed by atoms with Crippen molar-refractivity contribution in [3.63, 3.8) is 0 Å². The summed E-state index contributed by atoms with van der Waals surface area (Å²) in [6.07, 6.45) is 1.22. The highest BCUT2D eigenvalue weighted by molar-refractivity contribution is 5.82. The molecule has 0 aromatic heterocycles. The van der Waals surface area contributed by atoms with Gasteiger partial charge >= 0.3 is 0 Å². The van der Waals surface area contributed by atoms with Gasteiger partial charge in [0.15, 0.2) is 0 Å². The molecule has 0 spiro atoms. The van der Waals surface area contributed by atoms with Crippen LogP contribution in [0.25, 0.3) is 0 Å². The second kappa shape index (κ2) is 2.66. The Morgan fingerprint density at radius 3 is 2.50 bits per heavy atom. The average Bonchev–Trinajstić information content (AvgIpc) is 1.65. The quantitative estimate of drug-likeness (QED) is 0.342. The molecular weight excluding hydrogens is 82.0 g/mol. The lowest BCUT2D eigenvalue weighted by Crippen LogP contribution is -2.16. The molecule has 35 valence electrons. The minimum Gasteiger partial charge on any atom is -0.289 e. The molecule has 0 aromatic rings. The van der Waals surface area contributed by atoms with Crippen molar-refractivity contribution in [3.05, 3.63) is 6.42 Å². The average molecular weight is 88.1 g/mol. The zero-order valence-electron chi connectivity index (χ0n) is 3.43. The first-order chi connectivity index (χ1) is 2.81. The van der Waals surface area contributed by atoms with Crippen molar-refractivity contribution in [2.24, 2.45) is 0 Å². The molecule has 0 aromatic carbocycles. The van der Waals surface area contributed by atoms with Gasteiger partial charge < -0.3 is 0 Å². The summed E-state index contributed by atoms with van der Waals surface area (Å²) in [5.74, 6) is -0.477. The van der Waals surface area contributed by atoms with E-state index in [2.05, 4.69) is 0 Å².